The molecule has 186 valence electrons. The highest BCUT2D eigenvalue weighted by Crippen LogP contribution is 2.40. The van der Waals surface area contributed by atoms with Gasteiger partial charge in [-0.25, -0.2) is 4.98 Å². The molecule has 0 unspecified atom stereocenters. The van der Waals surface area contributed by atoms with Gasteiger partial charge in [0.25, 0.3) is 0 Å². The number of nitrogens with two attached hydrogens (primary N) is 1. The molecule has 2 aliphatic rings. The van der Waals surface area contributed by atoms with Crippen molar-refractivity contribution in [1.29, 1.82) is 0 Å². The number of aromatic nitrogens is 4. The minimum absolute atomic E-state index is 0.167. The van der Waals surface area contributed by atoms with E-state index in [0.717, 1.165) is 90.3 Å². The maximum Gasteiger partial charge on any atom is 0.170 e. The van der Waals surface area contributed by atoms with E-state index >= 15 is 0 Å². The summed E-state index contributed by atoms with van der Waals surface area (Å²) in [5.41, 5.74) is 13.7. The first-order valence-corrected chi connectivity index (χ1v) is 13.2. The van der Waals surface area contributed by atoms with Crippen molar-refractivity contribution in [2.24, 2.45) is 5.73 Å². The van der Waals surface area contributed by atoms with E-state index in [-0.39, 0.29) is 5.54 Å². The molecule has 0 bridgehead atoms. The highest BCUT2D eigenvalue weighted by Gasteiger charge is 2.34. The van der Waals surface area contributed by atoms with Gasteiger partial charge in [-0.15, -0.1) is 10.2 Å². The van der Waals surface area contributed by atoms with Gasteiger partial charge in [-0.05, 0) is 42.5 Å². The summed E-state index contributed by atoms with van der Waals surface area (Å²) in [5, 5.41) is 13.6. The molecule has 1 aliphatic heterocycles. The molecule has 0 amide bonds. The summed E-state index contributed by atoms with van der Waals surface area (Å²) < 4.78 is 2.12. The number of piperazine rings is 1. The number of pyridine rings is 2. The highest BCUT2D eigenvalue weighted by molar-refractivity contribution is 5.98. The Hall–Kier alpha value is -3.65. The average molecular weight is 490 g/mol. The van der Waals surface area contributed by atoms with Crippen LogP contribution in [-0.2, 0) is 12.1 Å². The van der Waals surface area contributed by atoms with Crippen LogP contribution in [0.5, 0.6) is 0 Å². The molecule has 0 spiro atoms. The zero-order chi connectivity index (χ0) is 24.8. The van der Waals surface area contributed by atoms with Crippen LogP contribution in [0.2, 0.25) is 0 Å². The molecule has 37 heavy (non-hydrogen) atoms. The Kier molecular flexibility index (Phi) is 5.50. The van der Waals surface area contributed by atoms with E-state index in [1.54, 1.807) is 0 Å². The smallest absolute Gasteiger partial charge is 0.170 e. The molecule has 5 aromatic rings. The molecule has 4 heterocycles. The molecule has 2 fully saturated rings. The van der Waals surface area contributed by atoms with Crippen molar-refractivity contribution in [2.75, 3.05) is 26.2 Å². The molecule has 2 aromatic carbocycles. The van der Waals surface area contributed by atoms with E-state index in [9.17, 15) is 0 Å². The lowest BCUT2D eigenvalue weighted by Crippen LogP contribution is -2.43. The maximum absolute atomic E-state index is 6.59. The molecule has 0 radical (unpaired) electrons. The molecular weight excluding hydrogens is 458 g/mol. The molecule has 1 saturated heterocycles. The van der Waals surface area contributed by atoms with Crippen LogP contribution in [0.1, 0.15) is 30.7 Å². The van der Waals surface area contributed by atoms with Gasteiger partial charge in [0.1, 0.15) is 0 Å². The van der Waals surface area contributed by atoms with E-state index in [2.05, 4.69) is 91.7 Å². The van der Waals surface area contributed by atoms with Crippen LogP contribution in [0.25, 0.3) is 38.9 Å². The van der Waals surface area contributed by atoms with E-state index in [4.69, 9.17) is 10.7 Å². The van der Waals surface area contributed by atoms with Crippen molar-refractivity contribution in [3.8, 4) is 22.4 Å². The number of hydrogen-bond acceptors (Lipinski definition) is 6. The van der Waals surface area contributed by atoms with Gasteiger partial charge in [-0.3, -0.25) is 9.30 Å². The first-order chi connectivity index (χ1) is 18.2. The van der Waals surface area contributed by atoms with Gasteiger partial charge in [-0.1, -0.05) is 54.6 Å². The Morgan fingerprint density at radius 2 is 1.68 bits per heavy atom. The Morgan fingerprint density at radius 1 is 0.892 bits per heavy atom. The van der Waals surface area contributed by atoms with Crippen molar-refractivity contribution >= 4 is 16.6 Å². The van der Waals surface area contributed by atoms with Gasteiger partial charge >= 0.3 is 0 Å². The summed E-state index contributed by atoms with van der Waals surface area (Å²) in [7, 11) is 0. The summed E-state index contributed by atoms with van der Waals surface area (Å²) in [5.74, 6) is 0.964. The maximum atomic E-state index is 6.59. The Labute approximate surface area is 216 Å². The summed E-state index contributed by atoms with van der Waals surface area (Å²) in [6.45, 7) is 4.87. The number of rotatable bonds is 5. The molecule has 1 aliphatic carbocycles. The van der Waals surface area contributed by atoms with Crippen LogP contribution >= 0.6 is 0 Å². The van der Waals surface area contributed by atoms with Crippen LogP contribution in [-0.4, -0.2) is 50.7 Å². The highest BCUT2D eigenvalue weighted by atomic mass is 15.3. The van der Waals surface area contributed by atoms with Crippen molar-refractivity contribution in [1.82, 2.24) is 29.8 Å². The average Bonchev–Trinajstić information content (AvgIpc) is 3.35. The topological polar surface area (TPSA) is 84.4 Å². The van der Waals surface area contributed by atoms with Crippen LogP contribution in [0, 0.1) is 0 Å². The minimum Gasteiger partial charge on any atom is -0.321 e. The lowest BCUT2D eigenvalue weighted by molar-refractivity contribution is 0.227. The fourth-order valence-corrected chi connectivity index (χ4v) is 5.68. The number of fused-ring (bicyclic) bond motifs is 3. The third-order valence-electron chi connectivity index (χ3n) is 8.08. The molecule has 3 aromatic heterocycles. The number of hydrogen-bond donors (Lipinski definition) is 2. The SMILES string of the molecule is NC1(c2ccc(-c3nc4ccn5c(CN6CCNCC6)nnc5c4cc3-c3ccccc3)cc2)CCC1. The fourth-order valence-electron chi connectivity index (χ4n) is 5.68. The standard InChI is InChI=1S/C30H31N7/c31-30(12-4-13-30)23-9-7-22(8-10-23)28-24(21-5-2-1-3-6-21)19-25-26(33-28)11-16-37-27(34-35-29(25)37)20-36-17-14-32-15-18-36/h1-3,5-11,16,19,32H,4,12-15,17-18,20,31H2. The van der Waals surface area contributed by atoms with Crippen LogP contribution in [0.15, 0.2) is 72.9 Å². The van der Waals surface area contributed by atoms with Crippen LogP contribution in [0.4, 0.5) is 0 Å². The molecule has 7 nitrogen and oxygen atoms in total. The molecule has 0 atom stereocenters. The second-order valence-corrected chi connectivity index (χ2v) is 10.4. The van der Waals surface area contributed by atoms with E-state index in [1.807, 2.05) is 6.07 Å². The molecule has 7 heteroatoms. The summed E-state index contributed by atoms with van der Waals surface area (Å²) in [6.07, 6.45) is 5.38. The van der Waals surface area contributed by atoms with Crippen molar-refractivity contribution in [3.63, 3.8) is 0 Å². The molecular formula is C30H31N7. The Bertz CT molecular complexity index is 1560. The first kappa shape index (κ1) is 22.5. The van der Waals surface area contributed by atoms with Crippen molar-refractivity contribution in [2.45, 2.75) is 31.3 Å². The van der Waals surface area contributed by atoms with Gasteiger partial charge < -0.3 is 11.1 Å². The Balaban J connectivity index is 1.34. The largest absolute Gasteiger partial charge is 0.321 e. The zero-order valence-corrected chi connectivity index (χ0v) is 20.9. The van der Waals surface area contributed by atoms with Gasteiger partial charge in [0, 0.05) is 54.4 Å². The normalized spacial score (nSPS) is 17.8. The third-order valence-corrected chi connectivity index (χ3v) is 8.08. The zero-order valence-electron chi connectivity index (χ0n) is 20.9. The number of benzene rings is 2. The summed E-state index contributed by atoms with van der Waals surface area (Å²) in [4.78, 5) is 7.62. The van der Waals surface area contributed by atoms with Crippen LogP contribution < -0.4 is 11.1 Å². The second-order valence-electron chi connectivity index (χ2n) is 10.4. The predicted molar refractivity (Wildman–Crippen MR) is 147 cm³/mol. The van der Waals surface area contributed by atoms with Crippen molar-refractivity contribution < 1.29 is 0 Å². The van der Waals surface area contributed by atoms with Gasteiger partial charge in [0.2, 0.25) is 0 Å². The van der Waals surface area contributed by atoms with Gasteiger partial charge in [-0.2, -0.15) is 0 Å². The lowest BCUT2D eigenvalue weighted by atomic mass is 9.72. The first-order valence-electron chi connectivity index (χ1n) is 13.2. The van der Waals surface area contributed by atoms with E-state index in [0.29, 0.717) is 0 Å². The summed E-state index contributed by atoms with van der Waals surface area (Å²) in [6, 6.07) is 23.5. The molecule has 1 saturated carbocycles. The van der Waals surface area contributed by atoms with E-state index in [1.165, 1.54) is 12.0 Å². The molecule has 3 N–H and O–H groups in total. The van der Waals surface area contributed by atoms with Crippen LogP contribution in [0.3, 0.4) is 0 Å². The second kappa shape index (κ2) is 9.03. The predicted octanol–water partition coefficient (Wildman–Crippen LogP) is 4.35. The third kappa shape index (κ3) is 4.00. The fraction of sp³-hybridized carbons (Fsp3) is 0.300. The van der Waals surface area contributed by atoms with Gasteiger partial charge in [0.15, 0.2) is 11.5 Å². The number of nitrogens with one attached hydrogen (secondary N) is 1. The van der Waals surface area contributed by atoms with E-state index < -0.39 is 0 Å². The summed E-state index contributed by atoms with van der Waals surface area (Å²) >= 11 is 0. The minimum atomic E-state index is -0.167. The van der Waals surface area contributed by atoms with Gasteiger partial charge in [0.05, 0.1) is 17.8 Å². The quantitative estimate of drug-likeness (QED) is 0.382. The number of nitrogens with zero attached hydrogens (tertiary/aromatic N) is 5. The lowest BCUT2D eigenvalue weighted by Gasteiger charge is -2.38. The molecule has 7 rings (SSSR count). The Morgan fingerprint density at radius 3 is 2.41 bits per heavy atom. The monoisotopic (exact) mass is 489 g/mol. The van der Waals surface area contributed by atoms with Crippen molar-refractivity contribution in [3.05, 3.63) is 84.3 Å².